The molecule has 0 N–H and O–H groups in total. The molecule has 0 bridgehead atoms. The summed E-state index contributed by atoms with van der Waals surface area (Å²) in [5.41, 5.74) is 4.79. The van der Waals surface area contributed by atoms with Crippen molar-refractivity contribution in [2.45, 2.75) is 24.5 Å². The van der Waals surface area contributed by atoms with E-state index in [0.717, 1.165) is 59.6 Å². The Hall–Kier alpha value is -4.72. The van der Waals surface area contributed by atoms with E-state index in [1.165, 1.54) is 9.87 Å². The molecule has 0 aliphatic carbocycles. The summed E-state index contributed by atoms with van der Waals surface area (Å²) in [6, 6.07) is 17.0. The monoisotopic (exact) mass is 641 g/mol. The third kappa shape index (κ3) is 5.00. The van der Waals surface area contributed by atoms with E-state index in [-0.39, 0.29) is 18.3 Å². The van der Waals surface area contributed by atoms with Crippen LogP contribution in [0.4, 0.5) is 0 Å². The van der Waals surface area contributed by atoms with Gasteiger partial charge in [0, 0.05) is 38.7 Å². The van der Waals surface area contributed by atoms with Gasteiger partial charge in [0.05, 0.1) is 34.8 Å². The quantitative estimate of drug-likeness (QED) is 0.248. The molecular formula is C33H33N6O6S+. The lowest BCUT2D eigenvalue weighted by Gasteiger charge is -2.31. The summed E-state index contributed by atoms with van der Waals surface area (Å²) in [5, 5.41) is 10.5. The zero-order valence-corrected chi connectivity index (χ0v) is 26.4. The van der Waals surface area contributed by atoms with Gasteiger partial charge in [0.1, 0.15) is 12.3 Å². The van der Waals surface area contributed by atoms with Crippen LogP contribution in [0.5, 0.6) is 23.0 Å². The first-order valence-corrected chi connectivity index (χ1v) is 16.6. The van der Waals surface area contributed by atoms with E-state index in [0.29, 0.717) is 36.0 Å². The van der Waals surface area contributed by atoms with Crippen LogP contribution < -0.4 is 23.5 Å². The average Bonchev–Trinajstić information content (AvgIpc) is 3.75. The third-order valence-electron chi connectivity index (χ3n) is 8.90. The number of piperazine rings is 1. The first-order chi connectivity index (χ1) is 22.4. The van der Waals surface area contributed by atoms with Crippen molar-refractivity contribution in [3.8, 4) is 39.9 Å². The van der Waals surface area contributed by atoms with Crippen LogP contribution in [0.3, 0.4) is 0 Å². The second kappa shape index (κ2) is 11.3. The number of aryl methyl sites for hydroxylation is 2. The molecule has 1 fully saturated rings. The fourth-order valence-electron chi connectivity index (χ4n) is 6.29. The number of ether oxygens (including phenoxy) is 4. The van der Waals surface area contributed by atoms with Crippen molar-refractivity contribution < 1.29 is 31.9 Å². The van der Waals surface area contributed by atoms with Gasteiger partial charge in [0.15, 0.2) is 35.7 Å². The number of likely N-dealkylation sites (N-methyl/N-ethyl adjacent to an activating group) is 1. The van der Waals surface area contributed by atoms with E-state index in [2.05, 4.69) is 44.2 Å². The summed E-state index contributed by atoms with van der Waals surface area (Å²) in [7, 11) is 0.0747. The predicted molar refractivity (Wildman–Crippen MR) is 168 cm³/mol. The van der Waals surface area contributed by atoms with E-state index >= 15 is 0 Å². The number of hydrogen-bond acceptors (Lipinski definition) is 9. The molecule has 3 aliphatic rings. The Kier molecular flexibility index (Phi) is 7.04. The average molecular weight is 642 g/mol. The number of pyridine rings is 1. The smallest absolute Gasteiger partial charge is 0.243 e. The van der Waals surface area contributed by atoms with Gasteiger partial charge in [-0.25, -0.2) is 13.1 Å². The standard InChI is InChI=1S/C33H33N6O6S/c1-36-11-13-38(14-12-36)46(40,41)26-6-4-25(5-7-26)39-18-24(34-35-39)20-43-33-28-19-37-10-9-23-16-31-32(45-21-44-31)17-27(23)29(37)15-22(28)3-8-30(33)42-2/h3-8,15-19H,9-14,20-21H2,1-2H3/q+1. The van der Waals surface area contributed by atoms with Gasteiger partial charge >= 0.3 is 0 Å². The summed E-state index contributed by atoms with van der Waals surface area (Å²) in [4.78, 5) is 2.39. The number of aromatic nitrogens is 4. The van der Waals surface area contributed by atoms with Crippen molar-refractivity contribution in [1.29, 1.82) is 0 Å². The normalized spacial score (nSPS) is 16.3. The molecule has 13 heteroatoms. The second-order valence-corrected chi connectivity index (χ2v) is 13.6. The van der Waals surface area contributed by atoms with Gasteiger partial charge < -0.3 is 23.8 Å². The third-order valence-corrected chi connectivity index (χ3v) is 10.8. The lowest BCUT2D eigenvalue weighted by atomic mass is 9.95. The maximum absolute atomic E-state index is 13.1. The molecule has 5 aromatic rings. The molecule has 0 unspecified atom stereocenters. The predicted octanol–water partition coefficient (Wildman–Crippen LogP) is 3.18. The molecule has 3 aliphatic heterocycles. The van der Waals surface area contributed by atoms with Gasteiger partial charge in [0.2, 0.25) is 22.5 Å². The van der Waals surface area contributed by atoms with Crippen LogP contribution in [0.1, 0.15) is 11.3 Å². The molecule has 12 nitrogen and oxygen atoms in total. The van der Waals surface area contributed by atoms with Gasteiger partial charge in [-0.1, -0.05) is 5.21 Å². The first-order valence-electron chi connectivity index (χ1n) is 15.2. The minimum atomic E-state index is -3.55. The Morgan fingerprint density at radius 2 is 1.76 bits per heavy atom. The molecule has 0 atom stereocenters. The van der Waals surface area contributed by atoms with E-state index < -0.39 is 10.0 Å². The Labute approximate surface area is 266 Å². The molecule has 1 saturated heterocycles. The zero-order valence-electron chi connectivity index (χ0n) is 25.5. The van der Waals surface area contributed by atoms with Crippen LogP contribution in [0.2, 0.25) is 0 Å². The van der Waals surface area contributed by atoms with Gasteiger partial charge in [-0.2, -0.15) is 8.87 Å². The fourth-order valence-corrected chi connectivity index (χ4v) is 7.71. The van der Waals surface area contributed by atoms with Crippen LogP contribution in [0.25, 0.3) is 27.7 Å². The summed E-state index contributed by atoms with van der Waals surface area (Å²) in [6.07, 6.45) is 4.77. The minimum absolute atomic E-state index is 0.166. The highest BCUT2D eigenvalue weighted by Crippen LogP contribution is 2.42. The highest BCUT2D eigenvalue weighted by atomic mass is 32.2. The Balaban J connectivity index is 1.03. The Bertz CT molecular complexity index is 2070. The Morgan fingerprint density at radius 1 is 0.978 bits per heavy atom. The van der Waals surface area contributed by atoms with Crippen LogP contribution in [-0.4, -0.2) is 79.7 Å². The molecule has 46 heavy (non-hydrogen) atoms. The minimum Gasteiger partial charge on any atom is -0.493 e. The maximum atomic E-state index is 13.1. The number of nitrogens with zero attached hydrogens (tertiary/aromatic N) is 6. The number of rotatable bonds is 7. The molecule has 0 radical (unpaired) electrons. The molecule has 236 valence electrons. The largest absolute Gasteiger partial charge is 0.493 e. The lowest BCUT2D eigenvalue weighted by Crippen LogP contribution is -2.46. The van der Waals surface area contributed by atoms with Crippen LogP contribution in [0.15, 0.2) is 71.9 Å². The van der Waals surface area contributed by atoms with Crippen molar-refractivity contribution in [2.75, 3.05) is 47.1 Å². The summed E-state index contributed by atoms with van der Waals surface area (Å²) < 4.78 is 54.9. The molecular weight excluding hydrogens is 608 g/mol. The lowest BCUT2D eigenvalue weighted by molar-refractivity contribution is -0.686. The van der Waals surface area contributed by atoms with Crippen molar-refractivity contribution in [1.82, 2.24) is 24.2 Å². The van der Waals surface area contributed by atoms with Gasteiger partial charge in [-0.3, -0.25) is 0 Å². The molecule has 5 heterocycles. The second-order valence-electron chi connectivity index (χ2n) is 11.7. The molecule has 0 saturated carbocycles. The SMILES string of the molecule is COc1ccc2cc3[n+](cc2c1OCc1cn(-c2ccc(S(=O)(=O)N4CCN(C)CC4)cc2)nn1)CCc1cc2c(cc1-3)OCO2. The summed E-state index contributed by atoms with van der Waals surface area (Å²) >= 11 is 0. The number of methoxy groups -OCH3 is 1. The molecule has 0 amide bonds. The van der Waals surface area contributed by atoms with Crippen LogP contribution >= 0.6 is 0 Å². The fraction of sp³-hybridized carbons (Fsp3) is 0.303. The highest BCUT2D eigenvalue weighted by molar-refractivity contribution is 7.89. The maximum Gasteiger partial charge on any atom is 0.243 e. The van der Waals surface area contributed by atoms with Crippen LogP contribution in [-0.2, 0) is 29.6 Å². The topological polar surface area (TPSA) is 112 Å². The van der Waals surface area contributed by atoms with Gasteiger partial charge in [0.25, 0.3) is 0 Å². The van der Waals surface area contributed by atoms with E-state index in [1.807, 2.05) is 19.2 Å². The highest BCUT2D eigenvalue weighted by Gasteiger charge is 2.29. The number of sulfonamides is 1. The van der Waals surface area contributed by atoms with Crippen molar-refractivity contribution in [3.63, 3.8) is 0 Å². The van der Waals surface area contributed by atoms with E-state index in [4.69, 9.17) is 18.9 Å². The molecule has 2 aromatic heterocycles. The van der Waals surface area contributed by atoms with Crippen molar-refractivity contribution >= 4 is 20.8 Å². The Morgan fingerprint density at radius 3 is 2.54 bits per heavy atom. The molecule has 8 rings (SSSR count). The van der Waals surface area contributed by atoms with Gasteiger partial charge in [-0.05, 0) is 66.5 Å². The number of benzene rings is 3. The van der Waals surface area contributed by atoms with Crippen molar-refractivity contribution in [2.24, 2.45) is 0 Å². The van der Waals surface area contributed by atoms with Crippen molar-refractivity contribution in [3.05, 3.63) is 78.2 Å². The van der Waals surface area contributed by atoms with E-state index in [9.17, 15) is 8.42 Å². The van der Waals surface area contributed by atoms with E-state index in [1.54, 1.807) is 42.3 Å². The zero-order chi connectivity index (χ0) is 31.4. The molecule has 3 aromatic carbocycles. The summed E-state index contributed by atoms with van der Waals surface area (Å²) in [6.45, 7) is 3.63. The van der Waals surface area contributed by atoms with Crippen LogP contribution in [0, 0.1) is 0 Å². The first kappa shape index (κ1) is 28.7. The number of fused-ring (bicyclic) bond motifs is 5. The number of hydrogen-bond donors (Lipinski definition) is 0. The van der Waals surface area contributed by atoms with Gasteiger partial charge in [-0.15, -0.1) is 5.10 Å². The molecule has 0 spiro atoms. The summed E-state index contributed by atoms with van der Waals surface area (Å²) in [5.74, 6) is 2.82.